The number of hydrogen-bond acceptors (Lipinski definition) is 5. The molecule has 0 fully saturated rings. The normalized spacial score (nSPS) is 9.89. The summed E-state index contributed by atoms with van der Waals surface area (Å²) in [6, 6.07) is 10.8. The van der Waals surface area contributed by atoms with Gasteiger partial charge in [-0.05, 0) is 0 Å². The van der Waals surface area contributed by atoms with Crippen LogP contribution in [-0.2, 0) is 0 Å². The number of nitrogens with one attached hydrogen (secondary N) is 1. The molecule has 0 amide bonds. The van der Waals surface area contributed by atoms with E-state index in [1.54, 1.807) is 18.2 Å². The first-order valence-corrected chi connectivity index (χ1v) is 5.59. The zero-order valence-electron chi connectivity index (χ0n) is 9.96. The highest BCUT2D eigenvalue weighted by molar-refractivity contribution is 5.56. The smallest absolute Gasteiger partial charge is 0.273 e. The summed E-state index contributed by atoms with van der Waals surface area (Å²) in [6.07, 6.45) is 0. The van der Waals surface area contributed by atoms with Crippen LogP contribution in [0.4, 0.5) is 0 Å². The Morgan fingerprint density at radius 2 is 2.11 bits per heavy atom. The lowest BCUT2D eigenvalue weighted by Crippen LogP contribution is -2.16. The fourth-order valence-corrected chi connectivity index (χ4v) is 1.53. The average Bonchev–Trinajstić information content (AvgIpc) is 2.45. The van der Waals surface area contributed by atoms with Crippen LogP contribution in [0, 0.1) is 11.3 Å². The van der Waals surface area contributed by atoms with Gasteiger partial charge in [0.2, 0.25) is 5.88 Å². The van der Waals surface area contributed by atoms with Crippen LogP contribution in [0.2, 0.25) is 0 Å². The van der Waals surface area contributed by atoms with Gasteiger partial charge in [-0.1, -0.05) is 30.3 Å². The lowest BCUT2D eigenvalue weighted by Gasteiger charge is -2.07. The Balaban J connectivity index is 2.51. The monoisotopic (exact) mass is 257 g/mol. The molecule has 96 valence electrons. The van der Waals surface area contributed by atoms with Gasteiger partial charge in [0.05, 0.1) is 6.61 Å². The molecule has 0 bridgehead atoms. The molecule has 0 aliphatic carbocycles. The topological polar surface area (TPSA) is 99.0 Å². The molecule has 0 saturated carbocycles. The van der Waals surface area contributed by atoms with Crippen molar-refractivity contribution in [2.45, 2.75) is 0 Å². The Morgan fingerprint density at radius 1 is 1.37 bits per heavy atom. The summed E-state index contributed by atoms with van der Waals surface area (Å²) in [5, 5.41) is 17.6. The van der Waals surface area contributed by atoms with Gasteiger partial charge >= 0.3 is 0 Å². The lowest BCUT2D eigenvalue weighted by molar-refractivity contribution is 0.196. The molecule has 1 aromatic carbocycles. The minimum atomic E-state index is -0.565. The summed E-state index contributed by atoms with van der Waals surface area (Å²) < 4.78 is 5.12. The fraction of sp³-hybridized carbons (Fsp3) is 0.154. The number of nitrogens with zero attached hydrogens (tertiary/aromatic N) is 2. The largest absolute Gasteiger partial charge is 0.474 e. The molecule has 1 aromatic heterocycles. The first-order valence-electron chi connectivity index (χ1n) is 5.59. The number of nitriles is 1. The third-order valence-corrected chi connectivity index (χ3v) is 2.38. The zero-order valence-corrected chi connectivity index (χ0v) is 9.96. The summed E-state index contributed by atoms with van der Waals surface area (Å²) in [5.41, 5.74) is -0.0598. The van der Waals surface area contributed by atoms with E-state index in [-0.39, 0.29) is 24.7 Å². The molecule has 0 atom stereocenters. The van der Waals surface area contributed by atoms with Crippen LogP contribution in [0.1, 0.15) is 5.56 Å². The lowest BCUT2D eigenvalue weighted by atomic mass is 10.2. The quantitative estimate of drug-likeness (QED) is 0.839. The number of aliphatic hydroxyl groups is 1. The van der Waals surface area contributed by atoms with Gasteiger partial charge in [0.15, 0.2) is 5.56 Å². The van der Waals surface area contributed by atoms with Crippen molar-refractivity contribution in [3.05, 3.63) is 46.2 Å². The van der Waals surface area contributed by atoms with Gasteiger partial charge in [0, 0.05) is 5.56 Å². The maximum atomic E-state index is 11.8. The minimum absolute atomic E-state index is 0.0284. The van der Waals surface area contributed by atoms with E-state index >= 15 is 0 Å². The van der Waals surface area contributed by atoms with Gasteiger partial charge in [-0.15, -0.1) is 0 Å². The van der Waals surface area contributed by atoms with Crippen molar-refractivity contribution in [2.24, 2.45) is 0 Å². The van der Waals surface area contributed by atoms with Gasteiger partial charge < -0.3 is 14.8 Å². The Labute approximate surface area is 108 Å². The van der Waals surface area contributed by atoms with Crippen molar-refractivity contribution in [3.63, 3.8) is 0 Å². The number of rotatable bonds is 4. The van der Waals surface area contributed by atoms with Crippen LogP contribution in [0.5, 0.6) is 5.88 Å². The van der Waals surface area contributed by atoms with E-state index in [9.17, 15) is 4.79 Å². The predicted molar refractivity (Wildman–Crippen MR) is 67.6 cm³/mol. The maximum absolute atomic E-state index is 11.8. The molecule has 1 heterocycles. The highest BCUT2D eigenvalue weighted by Gasteiger charge is 2.13. The molecule has 6 heteroatoms. The Morgan fingerprint density at radius 3 is 2.74 bits per heavy atom. The number of aliphatic hydroxyl groups excluding tert-OH is 1. The standard InChI is InChI=1S/C13H11N3O3/c14-8-10-12(18)15-11(9-4-2-1-3-5-9)16-13(10)19-7-6-17/h1-5,17H,6-7H2,(H,15,16,18). The number of H-pyrrole nitrogens is 1. The van der Waals surface area contributed by atoms with Crippen LogP contribution in [0.3, 0.4) is 0 Å². The molecule has 19 heavy (non-hydrogen) atoms. The summed E-state index contributed by atoms with van der Waals surface area (Å²) in [4.78, 5) is 18.4. The maximum Gasteiger partial charge on any atom is 0.273 e. The van der Waals surface area contributed by atoms with Crippen LogP contribution in [0.15, 0.2) is 35.1 Å². The summed E-state index contributed by atoms with van der Waals surface area (Å²) >= 11 is 0. The van der Waals surface area contributed by atoms with Gasteiger partial charge in [0.1, 0.15) is 18.5 Å². The molecule has 0 aliphatic heterocycles. The molecule has 0 aliphatic rings. The summed E-state index contributed by atoms with van der Waals surface area (Å²) in [5.74, 6) is 0.247. The van der Waals surface area contributed by atoms with Crippen molar-refractivity contribution >= 4 is 0 Å². The molecule has 2 N–H and O–H groups in total. The van der Waals surface area contributed by atoms with Crippen molar-refractivity contribution in [1.29, 1.82) is 5.26 Å². The van der Waals surface area contributed by atoms with Crippen LogP contribution in [-0.4, -0.2) is 28.3 Å². The SMILES string of the molecule is N#Cc1c(OCCO)nc(-c2ccccc2)[nH]c1=O. The fourth-order valence-electron chi connectivity index (χ4n) is 1.53. The van der Waals surface area contributed by atoms with Crippen LogP contribution >= 0.6 is 0 Å². The van der Waals surface area contributed by atoms with E-state index < -0.39 is 5.56 Å². The van der Waals surface area contributed by atoms with Gasteiger partial charge in [0.25, 0.3) is 5.56 Å². The summed E-state index contributed by atoms with van der Waals surface area (Å²) in [7, 11) is 0. The van der Waals surface area contributed by atoms with E-state index in [1.165, 1.54) is 0 Å². The summed E-state index contributed by atoms with van der Waals surface area (Å²) in [6.45, 7) is -0.251. The second-order valence-electron chi connectivity index (χ2n) is 3.64. The number of aromatic nitrogens is 2. The molecule has 0 radical (unpaired) electrons. The molecular weight excluding hydrogens is 246 g/mol. The molecule has 2 rings (SSSR count). The van der Waals surface area contributed by atoms with Crippen molar-refractivity contribution < 1.29 is 9.84 Å². The Kier molecular flexibility index (Phi) is 3.90. The second-order valence-corrected chi connectivity index (χ2v) is 3.64. The molecular formula is C13H11N3O3. The minimum Gasteiger partial charge on any atom is -0.474 e. The molecule has 0 spiro atoms. The van der Waals surface area contributed by atoms with Crippen molar-refractivity contribution in [2.75, 3.05) is 13.2 Å². The average molecular weight is 257 g/mol. The van der Waals surface area contributed by atoms with Crippen molar-refractivity contribution in [3.8, 4) is 23.3 Å². The van der Waals surface area contributed by atoms with E-state index in [1.807, 2.05) is 18.2 Å². The van der Waals surface area contributed by atoms with E-state index in [2.05, 4.69) is 9.97 Å². The van der Waals surface area contributed by atoms with Crippen LogP contribution in [0.25, 0.3) is 11.4 Å². The number of hydrogen-bond donors (Lipinski definition) is 2. The number of aromatic amines is 1. The Bertz CT molecular complexity index is 659. The number of ether oxygens (including phenoxy) is 1. The highest BCUT2D eigenvalue weighted by atomic mass is 16.5. The molecule has 2 aromatic rings. The van der Waals surface area contributed by atoms with Gasteiger partial charge in [-0.2, -0.15) is 10.2 Å². The zero-order chi connectivity index (χ0) is 13.7. The Hall–Kier alpha value is -2.65. The first-order chi connectivity index (χ1) is 9.26. The van der Waals surface area contributed by atoms with Crippen molar-refractivity contribution in [1.82, 2.24) is 9.97 Å². The van der Waals surface area contributed by atoms with Crippen LogP contribution < -0.4 is 10.3 Å². The number of benzene rings is 1. The van der Waals surface area contributed by atoms with E-state index in [0.717, 1.165) is 0 Å². The van der Waals surface area contributed by atoms with Gasteiger partial charge in [-0.25, -0.2) is 0 Å². The molecule has 0 saturated heterocycles. The van der Waals surface area contributed by atoms with E-state index in [0.29, 0.717) is 11.4 Å². The predicted octanol–water partition coefficient (Wildman–Crippen LogP) is 0.680. The van der Waals surface area contributed by atoms with Gasteiger partial charge in [-0.3, -0.25) is 4.79 Å². The van der Waals surface area contributed by atoms with E-state index in [4.69, 9.17) is 15.1 Å². The molecule has 6 nitrogen and oxygen atoms in total. The highest BCUT2D eigenvalue weighted by Crippen LogP contribution is 2.17. The third-order valence-electron chi connectivity index (χ3n) is 2.38. The first kappa shape index (κ1) is 12.8. The third kappa shape index (κ3) is 2.78. The molecule has 0 unspecified atom stereocenters. The second kappa shape index (κ2) is 5.80.